The summed E-state index contributed by atoms with van der Waals surface area (Å²) in [5.74, 6) is 1.83. The van der Waals surface area contributed by atoms with Crippen LogP contribution in [0.1, 0.15) is 51.0 Å². The fourth-order valence-corrected chi connectivity index (χ4v) is 3.99. The van der Waals surface area contributed by atoms with Gasteiger partial charge in [-0.1, -0.05) is 35.7 Å². The molecule has 18 heavy (non-hydrogen) atoms. The number of aryl methyl sites for hydroxylation is 2. The van der Waals surface area contributed by atoms with Crippen molar-refractivity contribution in [1.29, 1.82) is 0 Å². The molecule has 0 N–H and O–H groups in total. The van der Waals surface area contributed by atoms with Crippen molar-refractivity contribution in [3.05, 3.63) is 18.0 Å². The molecule has 1 aromatic heterocycles. The third-order valence-corrected chi connectivity index (χ3v) is 5.46. The van der Waals surface area contributed by atoms with Gasteiger partial charge in [-0.3, -0.25) is 4.68 Å². The number of halogens is 1. The van der Waals surface area contributed by atoms with Crippen LogP contribution in [-0.4, -0.2) is 14.6 Å². The summed E-state index contributed by atoms with van der Waals surface area (Å²) in [4.78, 5) is 0.738. The zero-order chi connectivity index (χ0) is 13.0. The molecule has 102 valence electrons. The van der Waals surface area contributed by atoms with Crippen LogP contribution in [0.25, 0.3) is 0 Å². The van der Waals surface area contributed by atoms with Crippen molar-refractivity contribution in [1.82, 2.24) is 9.78 Å². The minimum absolute atomic E-state index is 0.738. The van der Waals surface area contributed by atoms with Crippen LogP contribution in [0.3, 0.4) is 0 Å². The van der Waals surface area contributed by atoms with Crippen LogP contribution in [0.15, 0.2) is 12.4 Å². The average Bonchev–Trinajstić information content (AvgIpc) is 2.76. The first-order valence-corrected chi connectivity index (χ1v) is 8.22. The summed E-state index contributed by atoms with van der Waals surface area (Å²) >= 11 is 3.89. The molecule has 0 bridgehead atoms. The van der Waals surface area contributed by atoms with Gasteiger partial charge in [0.15, 0.2) is 0 Å². The number of hydrogen-bond acceptors (Lipinski definition) is 1. The monoisotopic (exact) mass is 312 g/mol. The number of aromatic nitrogens is 2. The predicted octanol–water partition coefficient (Wildman–Crippen LogP) is 4.33. The number of alkyl halides is 1. The van der Waals surface area contributed by atoms with E-state index in [4.69, 9.17) is 0 Å². The van der Waals surface area contributed by atoms with Crippen molar-refractivity contribution in [2.75, 3.05) is 0 Å². The van der Waals surface area contributed by atoms with Crippen LogP contribution in [0.2, 0.25) is 0 Å². The van der Waals surface area contributed by atoms with Crippen molar-refractivity contribution in [2.45, 2.75) is 56.7 Å². The maximum atomic E-state index is 4.25. The van der Waals surface area contributed by atoms with Crippen LogP contribution in [-0.2, 0) is 13.5 Å². The third kappa shape index (κ3) is 3.84. The van der Waals surface area contributed by atoms with Crippen LogP contribution in [0.4, 0.5) is 0 Å². The molecule has 1 aliphatic rings. The summed E-state index contributed by atoms with van der Waals surface area (Å²) in [5.41, 5.74) is 1.38. The van der Waals surface area contributed by atoms with E-state index in [2.05, 4.69) is 34.1 Å². The zero-order valence-electron chi connectivity index (χ0n) is 11.6. The molecule has 3 unspecified atom stereocenters. The first kappa shape index (κ1) is 14.1. The van der Waals surface area contributed by atoms with E-state index in [0.717, 1.165) is 16.7 Å². The molecule has 0 aliphatic heterocycles. The minimum Gasteiger partial charge on any atom is -0.276 e. The Morgan fingerprint density at radius 3 is 2.89 bits per heavy atom. The van der Waals surface area contributed by atoms with Gasteiger partial charge in [0.25, 0.3) is 0 Å². The fourth-order valence-electron chi connectivity index (χ4n) is 3.25. The SMILES string of the molecule is CCCC1CCC(Br)C(CCc2cnn(C)c2)C1. The molecule has 1 aliphatic carbocycles. The standard InChI is InChI=1S/C15H25BrN2/c1-3-4-12-6-8-15(16)14(9-12)7-5-13-10-17-18(2)11-13/h10-12,14-15H,3-9H2,1-2H3. The molecule has 0 radical (unpaired) electrons. The molecular formula is C15H25BrN2. The number of nitrogens with zero attached hydrogens (tertiary/aromatic N) is 2. The average molecular weight is 313 g/mol. The van der Waals surface area contributed by atoms with E-state index in [1.807, 2.05) is 17.9 Å². The normalized spacial score (nSPS) is 28.5. The second kappa shape index (κ2) is 6.74. The highest BCUT2D eigenvalue weighted by molar-refractivity contribution is 9.09. The van der Waals surface area contributed by atoms with Gasteiger partial charge in [-0.15, -0.1) is 0 Å². The van der Waals surface area contributed by atoms with Gasteiger partial charge in [0.2, 0.25) is 0 Å². The summed E-state index contributed by atoms with van der Waals surface area (Å²) in [5, 5.41) is 4.25. The number of hydrogen-bond donors (Lipinski definition) is 0. The van der Waals surface area contributed by atoms with Crippen molar-refractivity contribution in [3.8, 4) is 0 Å². The summed E-state index contributed by atoms with van der Waals surface area (Å²) in [6.07, 6.45) is 13.6. The topological polar surface area (TPSA) is 17.8 Å². The first-order valence-electron chi connectivity index (χ1n) is 7.30. The molecule has 1 aromatic rings. The second-order valence-corrected chi connectivity index (χ2v) is 6.98. The van der Waals surface area contributed by atoms with E-state index in [0.29, 0.717) is 0 Å². The van der Waals surface area contributed by atoms with E-state index in [-0.39, 0.29) is 0 Å². The van der Waals surface area contributed by atoms with E-state index in [9.17, 15) is 0 Å². The lowest BCUT2D eigenvalue weighted by molar-refractivity contribution is 0.254. The Hall–Kier alpha value is -0.310. The lowest BCUT2D eigenvalue weighted by Gasteiger charge is -2.33. The van der Waals surface area contributed by atoms with E-state index >= 15 is 0 Å². The quantitative estimate of drug-likeness (QED) is 0.740. The van der Waals surface area contributed by atoms with Gasteiger partial charge >= 0.3 is 0 Å². The van der Waals surface area contributed by atoms with Gasteiger partial charge in [0.1, 0.15) is 0 Å². The zero-order valence-corrected chi connectivity index (χ0v) is 13.2. The van der Waals surface area contributed by atoms with Gasteiger partial charge in [0.05, 0.1) is 6.20 Å². The Bertz CT molecular complexity index is 361. The predicted molar refractivity (Wildman–Crippen MR) is 80.0 cm³/mol. The molecule has 0 spiro atoms. The summed E-state index contributed by atoms with van der Waals surface area (Å²) < 4.78 is 1.90. The Morgan fingerprint density at radius 1 is 1.39 bits per heavy atom. The fraction of sp³-hybridized carbons (Fsp3) is 0.800. The molecule has 3 atom stereocenters. The van der Waals surface area contributed by atoms with Crippen molar-refractivity contribution in [3.63, 3.8) is 0 Å². The molecular weight excluding hydrogens is 288 g/mol. The Morgan fingerprint density at radius 2 is 2.22 bits per heavy atom. The molecule has 0 saturated heterocycles. The maximum Gasteiger partial charge on any atom is 0.0521 e. The van der Waals surface area contributed by atoms with Crippen LogP contribution in [0.5, 0.6) is 0 Å². The van der Waals surface area contributed by atoms with Crippen LogP contribution >= 0.6 is 15.9 Å². The van der Waals surface area contributed by atoms with Gasteiger partial charge in [0, 0.05) is 18.1 Å². The van der Waals surface area contributed by atoms with Crippen LogP contribution in [0, 0.1) is 11.8 Å². The van der Waals surface area contributed by atoms with Gasteiger partial charge in [-0.2, -0.15) is 5.10 Å². The Balaban J connectivity index is 1.82. The largest absolute Gasteiger partial charge is 0.276 e. The third-order valence-electron chi connectivity index (χ3n) is 4.26. The maximum absolute atomic E-state index is 4.25. The summed E-state index contributed by atoms with van der Waals surface area (Å²) in [7, 11) is 1.99. The Kier molecular flexibility index (Phi) is 5.28. The molecule has 1 heterocycles. The van der Waals surface area contributed by atoms with E-state index in [1.54, 1.807) is 0 Å². The van der Waals surface area contributed by atoms with Crippen molar-refractivity contribution in [2.24, 2.45) is 18.9 Å². The summed E-state index contributed by atoms with van der Waals surface area (Å²) in [6.45, 7) is 2.31. The molecule has 1 saturated carbocycles. The van der Waals surface area contributed by atoms with Crippen LogP contribution < -0.4 is 0 Å². The van der Waals surface area contributed by atoms with Gasteiger partial charge in [-0.25, -0.2) is 0 Å². The second-order valence-electron chi connectivity index (χ2n) is 5.80. The highest BCUT2D eigenvalue weighted by Crippen LogP contribution is 2.38. The van der Waals surface area contributed by atoms with Gasteiger partial charge < -0.3 is 0 Å². The molecule has 2 nitrogen and oxygen atoms in total. The first-order chi connectivity index (χ1) is 8.69. The molecule has 1 fully saturated rings. The lowest BCUT2D eigenvalue weighted by Crippen LogP contribution is -2.25. The van der Waals surface area contributed by atoms with E-state index in [1.165, 1.54) is 50.5 Å². The number of rotatable bonds is 5. The molecule has 3 heteroatoms. The highest BCUT2D eigenvalue weighted by Gasteiger charge is 2.28. The van der Waals surface area contributed by atoms with E-state index < -0.39 is 0 Å². The Labute approximate surface area is 119 Å². The molecule has 0 aromatic carbocycles. The highest BCUT2D eigenvalue weighted by atomic mass is 79.9. The molecule has 0 amide bonds. The van der Waals surface area contributed by atoms with Crippen molar-refractivity contribution < 1.29 is 0 Å². The molecule has 2 rings (SSSR count). The summed E-state index contributed by atoms with van der Waals surface area (Å²) in [6, 6.07) is 0. The smallest absolute Gasteiger partial charge is 0.0521 e. The minimum atomic E-state index is 0.738. The lowest BCUT2D eigenvalue weighted by atomic mass is 9.77. The van der Waals surface area contributed by atoms with Crippen molar-refractivity contribution >= 4 is 15.9 Å². The van der Waals surface area contributed by atoms with Gasteiger partial charge in [-0.05, 0) is 49.5 Å².